The Hall–Kier alpha value is -3.52. The molecular weight excluding hydrogens is 471 g/mol. The van der Waals surface area contributed by atoms with Gasteiger partial charge in [0.2, 0.25) is 0 Å². The number of hydrogen-bond donors (Lipinski definition) is 2. The molecule has 0 unspecified atom stereocenters. The third-order valence-electron chi connectivity index (χ3n) is 6.40. The molecule has 0 spiro atoms. The summed E-state index contributed by atoms with van der Waals surface area (Å²) in [7, 11) is 0. The maximum absolute atomic E-state index is 13.4. The monoisotopic (exact) mass is 498 g/mol. The van der Waals surface area contributed by atoms with E-state index in [4.69, 9.17) is 22.1 Å². The molecule has 9 heteroatoms. The van der Waals surface area contributed by atoms with Crippen LogP contribution in [0.25, 0.3) is 0 Å². The van der Waals surface area contributed by atoms with Crippen molar-refractivity contribution in [2.45, 2.75) is 25.8 Å². The van der Waals surface area contributed by atoms with E-state index in [1.165, 1.54) is 18.2 Å². The van der Waals surface area contributed by atoms with Gasteiger partial charge in [0, 0.05) is 37.1 Å². The van der Waals surface area contributed by atoms with Gasteiger partial charge in [-0.1, -0.05) is 23.7 Å². The van der Waals surface area contributed by atoms with Gasteiger partial charge in [-0.25, -0.2) is 9.18 Å². The number of hydrogen-bond acceptors (Lipinski definition) is 3. The number of ether oxygens (including phenoxy) is 1. The summed E-state index contributed by atoms with van der Waals surface area (Å²) >= 11 is 5.98. The lowest BCUT2D eigenvalue weighted by Crippen LogP contribution is -2.47. The van der Waals surface area contributed by atoms with Crippen molar-refractivity contribution in [2.75, 3.05) is 25.0 Å². The first kappa shape index (κ1) is 24.6. The Morgan fingerprint density at radius 2 is 1.77 bits per heavy atom. The number of aromatic nitrogens is 1. The molecule has 2 aromatic carbocycles. The summed E-state index contributed by atoms with van der Waals surface area (Å²) in [6.07, 6.45) is 6.51. The number of carbonyl (C=O) groups excluding carboxylic acids is 2. The molecule has 1 fully saturated rings. The quantitative estimate of drug-likeness (QED) is 0.471. The molecule has 0 saturated carbocycles. The third kappa shape index (κ3) is 6.54. The van der Waals surface area contributed by atoms with Crippen LogP contribution in [-0.2, 0) is 17.8 Å². The Bertz CT molecular complexity index is 1160. The van der Waals surface area contributed by atoms with Crippen LogP contribution < -0.4 is 15.8 Å². The fourth-order valence-electron chi connectivity index (χ4n) is 4.61. The summed E-state index contributed by atoms with van der Waals surface area (Å²) in [5.41, 5.74) is 6.55. The van der Waals surface area contributed by atoms with E-state index in [0.29, 0.717) is 29.5 Å². The lowest BCUT2D eigenvalue weighted by molar-refractivity contribution is -0.135. The van der Waals surface area contributed by atoms with Crippen molar-refractivity contribution in [1.29, 1.82) is 0 Å². The van der Waals surface area contributed by atoms with Gasteiger partial charge in [0.1, 0.15) is 11.6 Å². The summed E-state index contributed by atoms with van der Waals surface area (Å²) < 4.78 is 21.3. The van der Waals surface area contributed by atoms with E-state index >= 15 is 0 Å². The van der Waals surface area contributed by atoms with Crippen molar-refractivity contribution in [1.82, 2.24) is 9.47 Å². The molecule has 1 saturated heterocycles. The minimum Gasteiger partial charge on any atom is -0.482 e. The second-order valence-electron chi connectivity index (χ2n) is 8.96. The van der Waals surface area contributed by atoms with Crippen molar-refractivity contribution >= 4 is 29.2 Å². The van der Waals surface area contributed by atoms with E-state index in [1.54, 1.807) is 17.0 Å². The number of anilines is 1. The molecule has 1 aliphatic heterocycles. The molecule has 1 aromatic heterocycles. The first-order valence-electron chi connectivity index (χ1n) is 11.4. The highest BCUT2D eigenvalue weighted by atomic mass is 35.5. The van der Waals surface area contributed by atoms with Gasteiger partial charge in [0.05, 0.1) is 5.69 Å². The standard InChI is InChI=1S/C26H28ClFN4O3/c27-20-5-8-23(22(15-20)30-25(29)34)35-17-24(33)32-13-9-26(10-14-32,18-31-11-1-2-12-31)16-19-3-6-21(28)7-4-19/h1-8,11-12,15H,9-10,13-14,16-18H2,(H3,29,30,34). The number of halogens is 2. The van der Waals surface area contributed by atoms with Crippen molar-refractivity contribution in [3.8, 4) is 5.75 Å². The minimum atomic E-state index is -0.750. The largest absolute Gasteiger partial charge is 0.482 e. The van der Waals surface area contributed by atoms with Crippen LogP contribution in [0.5, 0.6) is 5.75 Å². The first-order chi connectivity index (χ1) is 16.8. The SMILES string of the molecule is NC(=O)Nc1cc(Cl)ccc1OCC(=O)N1CCC(Cc2ccc(F)cc2)(Cn2cccc2)CC1. The van der Waals surface area contributed by atoms with E-state index in [9.17, 15) is 14.0 Å². The number of likely N-dealkylation sites (tertiary alicyclic amines) is 1. The summed E-state index contributed by atoms with van der Waals surface area (Å²) in [6, 6.07) is 14.6. The van der Waals surface area contributed by atoms with Gasteiger partial charge in [-0.2, -0.15) is 0 Å². The van der Waals surface area contributed by atoms with Crippen molar-refractivity contribution in [3.63, 3.8) is 0 Å². The van der Waals surface area contributed by atoms with Gasteiger partial charge in [0.15, 0.2) is 6.61 Å². The Kier molecular flexibility index (Phi) is 7.60. The highest BCUT2D eigenvalue weighted by Crippen LogP contribution is 2.37. The molecule has 1 aliphatic rings. The minimum absolute atomic E-state index is 0.0523. The Morgan fingerprint density at radius 3 is 2.43 bits per heavy atom. The summed E-state index contributed by atoms with van der Waals surface area (Å²) in [4.78, 5) is 26.0. The lowest BCUT2D eigenvalue weighted by Gasteiger charge is -2.42. The average molecular weight is 499 g/mol. The zero-order chi connectivity index (χ0) is 24.8. The fraction of sp³-hybridized carbons (Fsp3) is 0.308. The highest BCUT2D eigenvalue weighted by Gasteiger charge is 2.36. The lowest BCUT2D eigenvalue weighted by atomic mass is 9.73. The molecule has 4 rings (SSSR count). The molecule has 3 N–H and O–H groups in total. The number of carbonyl (C=O) groups is 2. The van der Waals surface area contributed by atoms with Gasteiger partial charge in [-0.15, -0.1) is 0 Å². The predicted molar refractivity (Wildman–Crippen MR) is 133 cm³/mol. The van der Waals surface area contributed by atoms with Crippen molar-refractivity contribution in [3.05, 3.63) is 83.4 Å². The number of piperidine rings is 1. The van der Waals surface area contributed by atoms with Crippen LogP contribution in [0, 0.1) is 11.2 Å². The summed E-state index contributed by atoms with van der Waals surface area (Å²) in [5.74, 6) is -0.0679. The average Bonchev–Trinajstić information content (AvgIpc) is 3.33. The Morgan fingerprint density at radius 1 is 1.09 bits per heavy atom. The number of amides is 3. The molecule has 7 nitrogen and oxygen atoms in total. The van der Waals surface area contributed by atoms with E-state index in [-0.39, 0.29) is 23.7 Å². The molecule has 0 bridgehead atoms. The second-order valence-corrected chi connectivity index (χ2v) is 9.39. The second kappa shape index (κ2) is 10.8. The molecule has 184 valence electrons. The van der Waals surface area contributed by atoms with Crippen LogP contribution in [0.2, 0.25) is 5.02 Å². The normalized spacial score (nSPS) is 15.0. The zero-order valence-corrected chi connectivity index (χ0v) is 20.0. The highest BCUT2D eigenvalue weighted by molar-refractivity contribution is 6.31. The number of nitrogens with two attached hydrogens (primary N) is 1. The van der Waals surface area contributed by atoms with Crippen LogP contribution in [0.1, 0.15) is 18.4 Å². The molecular formula is C26H28ClFN4O3. The maximum Gasteiger partial charge on any atom is 0.316 e. The van der Waals surface area contributed by atoms with E-state index in [1.807, 2.05) is 36.7 Å². The number of rotatable bonds is 8. The Labute approximate surface area is 208 Å². The van der Waals surface area contributed by atoms with Crippen molar-refractivity contribution in [2.24, 2.45) is 11.1 Å². The number of primary amides is 1. The summed E-state index contributed by atoms with van der Waals surface area (Å²) in [5, 5.41) is 2.86. The third-order valence-corrected chi connectivity index (χ3v) is 6.64. The molecule has 0 atom stereocenters. The number of benzene rings is 2. The smallest absolute Gasteiger partial charge is 0.316 e. The number of nitrogens with zero attached hydrogens (tertiary/aromatic N) is 2. The van der Waals surface area contributed by atoms with E-state index in [2.05, 4.69) is 9.88 Å². The molecule has 35 heavy (non-hydrogen) atoms. The zero-order valence-electron chi connectivity index (χ0n) is 19.3. The number of urea groups is 1. The van der Waals surface area contributed by atoms with Gasteiger partial charge in [-0.3, -0.25) is 4.79 Å². The maximum atomic E-state index is 13.4. The van der Waals surface area contributed by atoms with Gasteiger partial charge in [-0.05, 0) is 72.7 Å². The van der Waals surface area contributed by atoms with Crippen LogP contribution >= 0.6 is 11.6 Å². The molecule has 3 amide bonds. The fourth-order valence-corrected chi connectivity index (χ4v) is 4.78. The van der Waals surface area contributed by atoms with Gasteiger partial charge in [0.25, 0.3) is 5.91 Å². The topological polar surface area (TPSA) is 89.6 Å². The molecule has 3 aromatic rings. The molecule has 2 heterocycles. The van der Waals surface area contributed by atoms with E-state index in [0.717, 1.165) is 31.4 Å². The number of nitrogens with one attached hydrogen (secondary N) is 1. The van der Waals surface area contributed by atoms with Gasteiger partial charge < -0.3 is 25.3 Å². The van der Waals surface area contributed by atoms with E-state index < -0.39 is 6.03 Å². The van der Waals surface area contributed by atoms with Crippen LogP contribution in [0.4, 0.5) is 14.9 Å². The van der Waals surface area contributed by atoms with Crippen LogP contribution in [-0.4, -0.2) is 41.1 Å². The Balaban J connectivity index is 1.40. The first-order valence-corrected chi connectivity index (χ1v) is 11.8. The predicted octanol–water partition coefficient (Wildman–Crippen LogP) is 4.70. The molecule has 0 radical (unpaired) electrons. The summed E-state index contributed by atoms with van der Waals surface area (Å²) in [6.45, 7) is 1.84. The van der Waals surface area contributed by atoms with Crippen LogP contribution in [0.3, 0.4) is 0 Å². The van der Waals surface area contributed by atoms with Gasteiger partial charge >= 0.3 is 6.03 Å². The van der Waals surface area contributed by atoms with Crippen LogP contribution in [0.15, 0.2) is 67.0 Å². The van der Waals surface area contributed by atoms with Crippen molar-refractivity contribution < 1.29 is 18.7 Å². The molecule has 0 aliphatic carbocycles.